The second-order valence-corrected chi connectivity index (χ2v) is 11.8. The van der Waals surface area contributed by atoms with Gasteiger partial charge in [0.2, 0.25) is 5.69 Å². The van der Waals surface area contributed by atoms with E-state index < -0.39 is 11.5 Å². The van der Waals surface area contributed by atoms with Crippen LogP contribution in [-0.4, -0.2) is 43.1 Å². The number of carbonyl (C=O) groups is 1. The third kappa shape index (κ3) is 2.99. The van der Waals surface area contributed by atoms with E-state index >= 15 is 0 Å². The summed E-state index contributed by atoms with van der Waals surface area (Å²) in [6, 6.07) is 8.59. The van der Waals surface area contributed by atoms with Crippen molar-refractivity contribution in [3.63, 3.8) is 0 Å². The highest BCUT2D eigenvalue weighted by molar-refractivity contribution is 5.88. The number of rotatable bonds is 3. The first-order chi connectivity index (χ1) is 16.0. The minimum absolute atomic E-state index is 0.0453. The van der Waals surface area contributed by atoms with E-state index in [1.54, 1.807) is 4.57 Å². The van der Waals surface area contributed by atoms with Crippen LogP contribution in [0.5, 0.6) is 0 Å². The highest BCUT2D eigenvalue weighted by Gasteiger charge is 2.57. The first kappa shape index (κ1) is 20.2. The number of nitrogens with zero attached hydrogens (tertiary/aromatic N) is 3. The lowest BCUT2D eigenvalue weighted by Gasteiger charge is -2.66. The molecule has 2 saturated heterocycles. The number of carboxylic acids is 1. The summed E-state index contributed by atoms with van der Waals surface area (Å²) in [6.07, 6.45) is 14.1. The van der Waals surface area contributed by atoms with E-state index in [2.05, 4.69) is 9.88 Å². The Morgan fingerprint density at radius 2 is 1.52 bits per heavy atom. The molecule has 6 aliphatic rings. The normalized spacial score (nSPS) is 39.8. The van der Waals surface area contributed by atoms with Crippen molar-refractivity contribution in [1.29, 1.82) is 0 Å². The zero-order valence-electron chi connectivity index (χ0n) is 19.2. The fourth-order valence-corrected chi connectivity index (χ4v) is 9.38. The fraction of sp³-hybridized carbons (Fsp3) is 0.667. The van der Waals surface area contributed by atoms with Gasteiger partial charge in [0.25, 0.3) is 5.56 Å². The van der Waals surface area contributed by atoms with Crippen LogP contribution in [0, 0.1) is 17.8 Å². The van der Waals surface area contributed by atoms with Crippen LogP contribution in [0.4, 0.5) is 0 Å². The molecule has 4 saturated carbocycles. The molecule has 2 aliphatic heterocycles. The molecule has 4 aliphatic carbocycles. The predicted octanol–water partition coefficient (Wildman–Crippen LogP) is 4.62. The lowest BCUT2D eigenvalue weighted by Crippen LogP contribution is -2.68. The summed E-state index contributed by atoms with van der Waals surface area (Å²) in [5.74, 6) is 1.56. The molecular weight excluding hydrogens is 414 g/mol. The molecule has 1 aromatic heterocycles. The van der Waals surface area contributed by atoms with Gasteiger partial charge in [-0.25, -0.2) is 9.78 Å². The number of fused-ring (bicyclic) bond motifs is 3. The first-order valence-corrected chi connectivity index (χ1v) is 13.0. The maximum Gasteiger partial charge on any atom is 0.360 e. The van der Waals surface area contributed by atoms with E-state index in [9.17, 15) is 14.7 Å². The third-order valence-electron chi connectivity index (χ3n) is 9.87. The second kappa shape index (κ2) is 7.14. The van der Waals surface area contributed by atoms with Gasteiger partial charge in [-0.05, 0) is 94.1 Å². The molecule has 1 aromatic carbocycles. The molecule has 8 rings (SSSR count). The molecule has 6 fully saturated rings. The van der Waals surface area contributed by atoms with Crippen molar-refractivity contribution in [3.05, 3.63) is 40.3 Å². The van der Waals surface area contributed by atoms with E-state index in [-0.39, 0.29) is 11.7 Å². The van der Waals surface area contributed by atoms with Crippen molar-refractivity contribution >= 4 is 17.0 Å². The van der Waals surface area contributed by atoms with Crippen molar-refractivity contribution < 1.29 is 9.90 Å². The van der Waals surface area contributed by atoms with Crippen LogP contribution >= 0.6 is 0 Å². The van der Waals surface area contributed by atoms with Crippen LogP contribution in [0.15, 0.2) is 29.1 Å². The average Bonchev–Trinajstić information content (AvgIpc) is 2.77. The van der Waals surface area contributed by atoms with Crippen molar-refractivity contribution in [1.82, 2.24) is 14.5 Å². The maximum atomic E-state index is 13.4. The van der Waals surface area contributed by atoms with Gasteiger partial charge in [-0.1, -0.05) is 18.6 Å². The summed E-state index contributed by atoms with van der Waals surface area (Å²) >= 11 is 0. The van der Waals surface area contributed by atoms with Gasteiger partial charge in [0, 0.05) is 23.7 Å². The number of carboxylic acid groups (broad SMARTS) is 1. The van der Waals surface area contributed by atoms with Crippen LogP contribution in [-0.2, 0) is 0 Å². The van der Waals surface area contributed by atoms with Gasteiger partial charge in [0.15, 0.2) is 0 Å². The summed E-state index contributed by atoms with van der Waals surface area (Å²) < 4.78 is 1.80. The standard InChI is InChI=1S/C27H33N3O3/c31-25-24(26(32)33)28-22-6-1-2-7-23(22)29(25)21-11-19-4-3-5-20(12-21)30(19)27-13-16-8-17(14-27)10-18(9-16)15-27/h1-2,6-7,16-21H,3-5,8-15H2,(H,32,33)/t16?,17?,18?,19-,20+,21?,27?. The van der Waals surface area contributed by atoms with Crippen LogP contribution in [0.1, 0.15) is 87.2 Å². The van der Waals surface area contributed by atoms with Gasteiger partial charge in [-0.15, -0.1) is 0 Å². The molecule has 3 atom stereocenters. The van der Waals surface area contributed by atoms with E-state index in [1.807, 2.05) is 24.3 Å². The molecule has 1 N–H and O–H groups in total. The highest BCUT2D eigenvalue weighted by Crippen LogP contribution is 2.60. The zero-order chi connectivity index (χ0) is 22.3. The van der Waals surface area contributed by atoms with Crippen LogP contribution in [0.3, 0.4) is 0 Å². The molecule has 3 heterocycles. The van der Waals surface area contributed by atoms with Crippen LogP contribution < -0.4 is 5.56 Å². The Labute approximate surface area is 194 Å². The molecule has 6 nitrogen and oxygen atoms in total. The lowest BCUT2D eigenvalue weighted by atomic mass is 9.51. The van der Waals surface area contributed by atoms with Gasteiger partial charge in [0.05, 0.1) is 11.0 Å². The molecule has 2 aromatic rings. The van der Waals surface area contributed by atoms with Gasteiger partial charge < -0.3 is 9.67 Å². The summed E-state index contributed by atoms with van der Waals surface area (Å²) in [4.78, 5) is 32.4. The Kier molecular flexibility index (Phi) is 4.37. The van der Waals surface area contributed by atoms with E-state index in [4.69, 9.17) is 0 Å². The predicted molar refractivity (Wildman–Crippen MR) is 125 cm³/mol. The van der Waals surface area contributed by atoms with Gasteiger partial charge in [-0.2, -0.15) is 0 Å². The van der Waals surface area contributed by atoms with Crippen molar-refractivity contribution in [2.24, 2.45) is 17.8 Å². The fourth-order valence-electron chi connectivity index (χ4n) is 9.38. The number of aromatic carboxylic acids is 1. The van der Waals surface area contributed by atoms with E-state index in [0.717, 1.165) is 36.1 Å². The quantitative estimate of drug-likeness (QED) is 0.743. The largest absolute Gasteiger partial charge is 0.476 e. The van der Waals surface area contributed by atoms with Crippen molar-refractivity contribution in [2.75, 3.05) is 0 Å². The summed E-state index contributed by atoms with van der Waals surface area (Å²) in [6.45, 7) is 0. The van der Waals surface area contributed by atoms with Gasteiger partial charge in [-0.3, -0.25) is 9.69 Å². The molecule has 0 spiro atoms. The monoisotopic (exact) mass is 447 g/mol. The number of piperidine rings is 2. The minimum Gasteiger partial charge on any atom is -0.476 e. The average molecular weight is 448 g/mol. The van der Waals surface area contributed by atoms with Crippen LogP contribution in [0.2, 0.25) is 0 Å². The smallest absolute Gasteiger partial charge is 0.360 e. The van der Waals surface area contributed by atoms with Crippen molar-refractivity contribution in [3.8, 4) is 0 Å². The molecule has 6 bridgehead atoms. The summed E-state index contributed by atoms with van der Waals surface area (Å²) in [5.41, 5.74) is 0.990. The summed E-state index contributed by atoms with van der Waals surface area (Å²) in [7, 11) is 0. The van der Waals surface area contributed by atoms with Gasteiger partial charge >= 0.3 is 5.97 Å². The van der Waals surface area contributed by atoms with Crippen LogP contribution in [0.25, 0.3) is 11.0 Å². The minimum atomic E-state index is -1.23. The highest BCUT2D eigenvalue weighted by atomic mass is 16.4. The van der Waals surface area contributed by atoms with E-state index in [1.165, 1.54) is 57.8 Å². The molecule has 0 amide bonds. The number of hydrogen-bond donors (Lipinski definition) is 1. The van der Waals surface area contributed by atoms with Gasteiger partial charge in [0.1, 0.15) is 0 Å². The van der Waals surface area contributed by atoms with E-state index in [0.29, 0.717) is 23.1 Å². The molecule has 33 heavy (non-hydrogen) atoms. The number of hydrogen-bond acceptors (Lipinski definition) is 4. The Morgan fingerprint density at radius 1 is 0.909 bits per heavy atom. The molecular formula is C27H33N3O3. The topological polar surface area (TPSA) is 75.4 Å². The Balaban J connectivity index is 1.28. The molecule has 1 unspecified atom stereocenters. The Morgan fingerprint density at radius 3 is 2.12 bits per heavy atom. The zero-order valence-corrected chi connectivity index (χ0v) is 19.2. The molecule has 6 heteroatoms. The number of benzene rings is 1. The molecule has 174 valence electrons. The third-order valence-corrected chi connectivity index (χ3v) is 9.87. The Hall–Kier alpha value is -2.21. The lowest BCUT2D eigenvalue weighted by molar-refractivity contribution is -0.150. The maximum absolute atomic E-state index is 13.4. The Bertz CT molecular complexity index is 1140. The first-order valence-electron chi connectivity index (χ1n) is 13.0. The molecule has 0 radical (unpaired) electrons. The number of para-hydroxylation sites is 2. The SMILES string of the molecule is O=C(O)c1nc2ccccc2n(C2C[C@H]3CCC[C@@H](C2)N3C23CC4CC(CC(C4)C2)C3)c1=O. The second-order valence-electron chi connectivity index (χ2n) is 11.8. The summed E-state index contributed by atoms with van der Waals surface area (Å²) in [5, 5.41) is 9.66. The van der Waals surface area contributed by atoms with Crippen molar-refractivity contribution in [2.45, 2.75) is 94.3 Å². The number of aromatic nitrogens is 2.